The first-order valence-electron chi connectivity index (χ1n) is 6.59. The van der Waals surface area contributed by atoms with E-state index < -0.39 is 18.4 Å². The normalized spacial score (nSPS) is 14.7. The average molecular weight is 298 g/mol. The topological polar surface area (TPSA) is 58.6 Å². The molecule has 0 radical (unpaired) electrons. The second-order valence-electron chi connectivity index (χ2n) is 4.67. The molecule has 0 spiro atoms. The predicted molar refractivity (Wildman–Crippen MR) is 71.0 cm³/mol. The van der Waals surface area contributed by atoms with E-state index in [0.717, 1.165) is 0 Å². The maximum absolute atomic E-state index is 12.7. The van der Waals surface area contributed by atoms with Crippen LogP contribution in [0.4, 0.5) is 8.78 Å². The van der Waals surface area contributed by atoms with Gasteiger partial charge in [-0.15, -0.1) is 0 Å². The van der Waals surface area contributed by atoms with Crippen molar-refractivity contribution in [1.82, 2.24) is 10.2 Å². The minimum Gasteiger partial charge on any atom is -0.372 e. The van der Waals surface area contributed by atoms with Crippen LogP contribution in [0.25, 0.3) is 0 Å². The van der Waals surface area contributed by atoms with Gasteiger partial charge in [0.15, 0.2) is 0 Å². The number of ether oxygens (including phenoxy) is 1. The highest BCUT2D eigenvalue weighted by Gasteiger charge is 2.31. The maximum Gasteiger partial charge on any atom is 0.251 e. The zero-order chi connectivity index (χ0) is 15.2. The molecule has 1 saturated heterocycles. The average Bonchev–Trinajstić information content (AvgIpc) is 2.44. The molecule has 1 aliphatic heterocycles. The van der Waals surface area contributed by atoms with Gasteiger partial charge in [-0.1, -0.05) is 0 Å². The standard InChI is InChI=1S/C14H16F2N2O3/c15-5-6-21-12-8-18(9-12)13(19)7-17-14(20)10-1-3-11(16)4-2-10/h1-4,12H,5-9H2,(H,17,20). The van der Waals surface area contributed by atoms with E-state index in [9.17, 15) is 18.4 Å². The summed E-state index contributed by atoms with van der Waals surface area (Å²) in [5.74, 6) is -1.10. The number of nitrogens with one attached hydrogen (secondary N) is 1. The molecule has 1 aromatic rings. The molecule has 1 aliphatic rings. The summed E-state index contributed by atoms with van der Waals surface area (Å²) >= 11 is 0. The molecular formula is C14H16F2N2O3. The van der Waals surface area contributed by atoms with Crippen molar-refractivity contribution in [2.75, 3.05) is 32.9 Å². The third kappa shape index (κ3) is 4.22. The van der Waals surface area contributed by atoms with E-state index in [1.807, 2.05) is 0 Å². The smallest absolute Gasteiger partial charge is 0.251 e. The molecule has 21 heavy (non-hydrogen) atoms. The molecule has 2 amide bonds. The minimum atomic E-state index is -0.543. The number of alkyl halides is 1. The number of benzene rings is 1. The number of hydrogen-bond donors (Lipinski definition) is 1. The summed E-state index contributed by atoms with van der Waals surface area (Å²) in [6.45, 7) is 0.175. The molecular weight excluding hydrogens is 282 g/mol. The third-order valence-corrected chi connectivity index (χ3v) is 3.14. The Morgan fingerprint density at radius 2 is 1.95 bits per heavy atom. The zero-order valence-electron chi connectivity index (χ0n) is 11.4. The quantitative estimate of drug-likeness (QED) is 0.843. The van der Waals surface area contributed by atoms with E-state index in [4.69, 9.17) is 4.74 Å². The van der Waals surface area contributed by atoms with Crippen molar-refractivity contribution < 1.29 is 23.1 Å². The van der Waals surface area contributed by atoms with Crippen LogP contribution in [0, 0.1) is 5.82 Å². The van der Waals surface area contributed by atoms with E-state index in [2.05, 4.69) is 5.32 Å². The van der Waals surface area contributed by atoms with Gasteiger partial charge in [-0.2, -0.15) is 0 Å². The second-order valence-corrected chi connectivity index (χ2v) is 4.67. The van der Waals surface area contributed by atoms with E-state index in [1.165, 1.54) is 29.2 Å². The molecule has 0 bridgehead atoms. The van der Waals surface area contributed by atoms with Gasteiger partial charge in [0, 0.05) is 18.7 Å². The Balaban J connectivity index is 1.70. The Morgan fingerprint density at radius 1 is 1.29 bits per heavy atom. The summed E-state index contributed by atoms with van der Waals surface area (Å²) < 4.78 is 29.7. The molecule has 114 valence electrons. The largest absolute Gasteiger partial charge is 0.372 e. The number of hydrogen-bond acceptors (Lipinski definition) is 3. The van der Waals surface area contributed by atoms with Gasteiger partial charge >= 0.3 is 0 Å². The fourth-order valence-corrected chi connectivity index (χ4v) is 1.93. The highest BCUT2D eigenvalue weighted by molar-refractivity contribution is 5.96. The van der Waals surface area contributed by atoms with Crippen molar-refractivity contribution in [3.8, 4) is 0 Å². The number of amides is 2. The Morgan fingerprint density at radius 3 is 2.57 bits per heavy atom. The fraction of sp³-hybridized carbons (Fsp3) is 0.429. The summed E-state index contributed by atoms with van der Waals surface area (Å²) in [5, 5.41) is 2.47. The number of rotatable bonds is 6. The van der Waals surface area contributed by atoms with E-state index in [-0.39, 0.29) is 30.7 Å². The van der Waals surface area contributed by atoms with Crippen molar-refractivity contribution >= 4 is 11.8 Å². The first-order chi connectivity index (χ1) is 10.1. The number of carbonyl (C=O) groups is 2. The van der Waals surface area contributed by atoms with Gasteiger partial charge in [-0.3, -0.25) is 9.59 Å². The Hall–Kier alpha value is -2.02. The second kappa shape index (κ2) is 7.12. The van der Waals surface area contributed by atoms with E-state index >= 15 is 0 Å². The Kier molecular flexibility index (Phi) is 5.21. The number of likely N-dealkylation sites (tertiary alicyclic amines) is 1. The van der Waals surface area contributed by atoms with Crippen LogP contribution in [-0.4, -0.2) is 55.7 Å². The van der Waals surface area contributed by atoms with Crippen molar-refractivity contribution in [2.45, 2.75) is 6.10 Å². The lowest BCUT2D eigenvalue weighted by molar-refractivity contribution is -0.144. The van der Waals surface area contributed by atoms with Crippen molar-refractivity contribution in [2.24, 2.45) is 0 Å². The van der Waals surface area contributed by atoms with Crippen LogP contribution >= 0.6 is 0 Å². The van der Waals surface area contributed by atoms with Crippen LogP contribution in [0.3, 0.4) is 0 Å². The first-order valence-corrected chi connectivity index (χ1v) is 6.59. The van der Waals surface area contributed by atoms with Gasteiger partial charge in [0.2, 0.25) is 5.91 Å². The highest BCUT2D eigenvalue weighted by atomic mass is 19.1. The van der Waals surface area contributed by atoms with Crippen molar-refractivity contribution in [1.29, 1.82) is 0 Å². The Labute approximate surface area is 120 Å². The molecule has 0 atom stereocenters. The van der Waals surface area contributed by atoms with Crippen molar-refractivity contribution in [3.63, 3.8) is 0 Å². The molecule has 7 heteroatoms. The summed E-state index contributed by atoms with van der Waals surface area (Å²) in [6, 6.07) is 5.05. The van der Waals surface area contributed by atoms with Crippen molar-refractivity contribution in [3.05, 3.63) is 35.6 Å². The van der Waals surface area contributed by atoms with Gasteiger partial charge < -0.3 is 15.0 Å². The van der Waals surface area contributed by atoms with Crippen LogP contribution in [0.2, 0.25) is 0 Å². The monoisotopic (exact) mass is 298 g/mol. The lowest BCUT2D eigenvalue weighted by Gasteiger charge is -2.38. The molecule has 1 N–H and O–H groups in total. The van der Waals surface area contributed by atoms with Gasteiger partial charge in [-0.05, 0) is 24.3 Å². The molecule has 1 fully saturated rings. The number of halogens is 2. The van der Waals surface area contributed by atoms with Crippen LogP contribution in [0.5, 0.6) is 0 Å². The predicted octanol–water partition coefficient (Wildman–Crippen LogP) is 0.752. The summed E-state index contributed by atoms with van der Waals surface area (Å²) in [7, 11) is 0. The van der Waals surface area contributed by atoms with Gasteiger partial charge in [0.25, 0.3) is 5.91 Å². The van der Waals surface area contributed by atoms with Crippen LogP contribution < -0.4 is 5.32 Å². The minimum absolute atomic E-state index is 0.0357. The molecule has 1 aromatic carbocycles. The van der Waals surface area contributed by atoms with Gasteiger partial charge in [0.05, 0.1) is 19.3 Å². The fourth-order valence-electron chi connectivity index (χ4n) is 1.93. The molecule has 1 heterocycles. The molecule has 5 nitrogen and oxygen atoms in total. The van der Waals surface area contributed by atoms with Gasteiger partial charge in [-0.25, -0.2) is 8.78 Å². The molecule has 2 rings (SSSR count). The number of nitrogens with zero attached hydrogens (tertiary/aromatic N) is 1. The number of carbonyl (C=O) groups excluding carboxylic acids is 2. The molecule has 0 saturated carbocycles. The molecule has 0 unspecified atom stereocenters. The third-order valence-electron chi connectivity index (χ3n) is 3.14. The summed E-state index contributed by atoms with van der Waals surface area (Å²) in [4.78, 5) is 25.0. The van der Waals surface area contributed by atoms with Crippen LogP contribution in [0.15, 0.2) is 24.3 Å². The van der Waals surface area contributed by atoms with Gasteiger partial charge in [0.1, 0.15) is 12.5 Å². The summed E-state index contributed by atoms with van der Waals surface area (Å²) in [6.07, 6.45) is -0.127. The first kappa shape index (κ1) is 15.4. The SMILES string of the molecule is O=C(NCC(=O)N1CC(OCCF)C1)c1ccc(F)cc1. The van der Waals surface area contributed by atoms with E-state index in [1.54, 1.807) is 0 Å². The lowest BCUT2D eigenvalue weighted by atomic mass is 10.1. The molecule has 0 aliphatic carbocycles. The zero-order valence-corrected chi connectivity index (χ0v) is 11.4. The van der Waals surface area contributed by atoms with E-state index in [0.29, 0.717) is 13.1 Å². The summed E-state index contributed by atoms with van der Waals surface area (Å²) in [5.41, 5.74) is 0.289. The Bertz CT molecular complexity index is 501. The van der Waals surface area contributed by atoms with Crippen LogP contribution in [0.1, 0.15) is 10.4 Å². The highest BCUT2D eigenvalue weighted by Crippen LogP contribution is 2.11. The van der Waals surface area contributed by atoms with Crippen LogP contribution in [-0.2, 0) is 9.53 Å². The molecule has 0 aromatic heterocycles. The maximum atomic E-state index is 12.7. The lowest BCUT2D eigenvalue weighted by Crippen LogP contribution is -2.57.